The van der Waals surface area contributed by atoms with Crippen LogP contribution in [0.4, 0.5) is 11.4 Å². The number of fused-ring (bicyclic) bond motifs is 3. The first-order chi connectivity index (χ1) is 12.6. The summed E-state index contributed by atoms with van der Waals surface area (Å²) < 4.78 is 0. The normalized spacial score (nSPS) is 11.1. The Balaban J connectivity index is 1.49. The standard InChI is InChI=1S/C21H20N4O/c1-13-6-8-17(22)19(10-13)25-21(26)9-7-14-11-16-15-4-2-3-5-18(15)24-20(16)12-23-14/h2-6,8,10-12,24H,7,9,22H2,1H3,(H,25,26). The zero-order chi connectivity index (χ0) is 18.1. The van der Waals surface area contributed by atoms with Gasteiger partial charge >= 0.3 is 0 Å². The summed E-state index contributed by atoms with van der Waals surface area (Å²) in [5, 5.41) is 5.19. The van der Waals surface area contributed by atoms with Crippen LogP contribution in [0.5, 0.6) is 0 Å². The summed E-state index contributed by atoms with van der Waals surface area (Å²) in [6.45, 7) is 1.97. The number of rotatable bonds is 4. The lowest BCUT2D eigenvalue weighted by molar-refractivity contribution is -0.116. The number of aromatic amines is 1. The highest BCUT2D eigenvalue weighted by Gasteiger charge is 2.09. The molecule has 0 unspecified atom stereocenters. The Morgan fingerprint density at radius 2 is 1.96 bits per heavy atom. The highest BCUT2D eigenvalue weighted by molar-refractivity contribution is 6.07. The highest BCUT2D eigenvalue weighted by atomic mass is 16.1. The maximum atomic E-state index is 12.3. The molecule has 2 aromatic heterocycles. The number of nitrogens with two attached hydrogens (primary N) is 1. The fourth-order valence-electron chi connectivity index (χ4n) is 3.16. The molecule has 0 spiro atoms. The monoisotopic (exact) mass is 344 g/mol. The highest BCUT2D eigenvalue weighted by Crippen LogP contribution is 2.25. The Bertz CT molecular complexity index is 1110. The first-order valence-electron chi connectivity index (χ1n) is 8.61. The number of benzene rings is 2. The van der Waals surface area contributed by atoms with E-state index in [4.69, 9.17) is 5.73 Å². The molecule has 2 heterocycles. The largest absolute Gasteiger partial charge is 0.397 e. The second kappa shape index (κ2) is 6.52. The minimum atomic E-state index is -0.0666. The van der Waals surface area contributed by atoms with Gasteiger partial charge in [0.15, 0.2) is 0 Å². The molecule has 0 saturated carbocycles. The summed E-state index contributed by atoms with van der Waals surface area (Å²) in [4.78, 5) is 20.1. The molecule has 130 valence electrons. The van der Waals surface area contributed by atoms with E-state index in [9.17, 15) is 4.79 Å². The first kappa shape index (κ1) is 16.1. The number of hydrogen-bond donors (Lipinski definition) is 3. The SMILES string of the molecule is Cc1ccc(N)c(NC(=O)CCc2cc3c(cn2)[nH]c2ccccc23)c1. The lowest BCUT2D eigenvalue weighted by Gasteiger charge is -2.09. The lowest BCUT2D eigenvalue weighted by Crippen LogP contribution is -2.14. The van der Waals surface area contributed by atoms with Gasteiger partial charge in [-0.1, -0.05) is 24.3 Å². The van der Waals surface area contributed by atoms with Crippen molar-refractivity contribution < 1.29 is 4.79 Å². The minimum absolute atomic E-state index is 0.0666. The lowest BCUT2D eigenvalue weighted by atomic mass is 10.1. The van der Waals surface area contributed by atoms with Gasteiger partial charge in [-0.05, 0) is 43.2 Å². The second-order valence-electron chi connectivity index (χ2n) is 6.53. The molecule has 0 aliphatic carbocycles. The van der Waals surface area contributed by atoms with Gasteiger partial charge in [0.25, 0.3) is 0 Å². The van der Waals surface area contributed by atoms with Gasteiger partial charge in [0.1, 0.15) is 0 Å². The van der Waals surface area contributed by atoms with Crippen molar-refractivity contribution in [2.45, 2.75) is 19.8 Å². The number of nitrogens with zero attached hydrogens (tertiary/aromatic N) is 1. The van der Waals surface area contributed by atoms with E-state index in [0.717, 1.165) is 27.7 Å². The third-order valence-corrected chi connectivity index (χ3v) is 4.54. The Morgan fingerprint density at radius 3 is 2.85 bits per heavy atom. The third kappa shape index (κ3) is 3.11. The van der Waals surface area contributed by atoms with Crippen LogP contribution in [-0.4, -0.2) is 15.9 Å². The molecule has 1 amide bonds. The van der Waals surface area contributed by atoms with Crippen molar-refractivity contribution in [2.75, 3.05) is 11.1 Å². The molecule has 4 N–H and O–H groups in total. The van der Waals surface area contributed by atoms with Crippen LogP contribution in [-0.2, 0) is 11.2 Å². The minimum Gasteiger partial charge on any atom is -0.397 e. The van der Waals surface area contributed by atoms with Crippen molar-refractivity contribution in [3.63, 3.8) is 0 Å². The van der Waals surface area contributed by atoms with Crippen LogP contribution in [0.15, 0.2) is 54.7 Å². The fourth-order valence-corrected chi connectivity index (χ4v) is 3.16. The summed E-state index contributed by atoms with van der Waals surface area (Å²) in [5.41, 5.74) is 11.2. The molecule has 26 heavy (non-hydrogen) atoms. The number of pyridine rings is 1. The van der Waals surface area contributed by atoms with E-state index < -0.39 is 0 Å². The second-order valence-corrected chi connectivity index (χ2v) is 6.53. The van der Waals surface area contributed by atoms with Crippen molar-refractivity contribution in [2.24, 2.45) is 0 Å². The molecule has 0 fully saturated rings. The van der Waals surface area contributed by atoms with Crippen molar-refractivity contribution in [3.8, 4) is 0 Å². The number of hydrogen-bond acceptors (Lipinski definition) is 3. The van der Waals surface area contributed by atoms with Crippen LogP contribution in [0.1, 0.15) is 17.7 Å². The maximum absolute atomic E-state index is 12.3. The van der Waals surface area contributed by atoms with Crippen LogP contribution in [0, 0.1) is 6.92 Å². The number of H-pyrrole nitrogens is 1. The average molecular weight is 344 g/mol. The summed E-state index contributed by atoms with van der Waals surface area (Å²) >= 11 is 0. The zero-order valence-corrected chi connectivity index (χ0v) is 14.5. The summed E-state index contributed by atoms with van der Waals surface area (Å²) in [5.74, 6) is -0.0666. The van der Waals surface area contributed by atoms with E-state index in [1.54, 1.807) is 6.07 Å². The van der Waals surface area contributed by atoms with Gasteiger partial charge in [0.2, 0.25) is 5.91 Å². The van der Waals surface area contributed by atoms with Gasteiger partial charge in [-0.3, -0.25) is 9.78 Å². The Hall–Kier alpha value is -3.34. The van der Waals surface area contributed by atoms with Gasteiger partial charge in [-0.15, -0.1) is 0 Å². The molecule has 5 nitrogen and oxygen atoms in total. The molecular formula is C21H20N4O. The molecule has 5 heteroatoms. The summed E-state index contributed by atoms with van der Waals surface area (Å²) in [6, 6.07) is 15.8. The molecule has 0 saturated heterocycles. The number of aryl methyl sites for hydroxylation is 2. The molecule has 0 aliphatic heterocycles. The molecule has 0 atom stereocenters. The number of para-hydroxylation sites is 1. The molecule has 4 aromatic rings. The number of nitrogens with one attached hydrogen (secondary N) is 2. The van der Waals surface area contributed by atoms with Gasteiger partial charge < -0.3 is 16.0 Å². The van der Waals surface area contributed by atoms with Crippen LogP contribution in [0.3, 0.4) is 0 Å². The van der Waals surface area contributed by atoms with Gasteiger partial charge in [-0.2, -0.15) is 0 Å². The van der Waals surface area contributed by atoms with E-state index in [1.165, 1.54) is 5.39 Å². The Labute approximate surface area is 151 Å². The molecule has 0 bridgehead atoms. The first-order valence-corrected chi connectivity index (χ1v) is 8.61. The van der Waals surface area contributed by atoms with Crippen LogP contribution < -0.4 is 11.1 Å². The molecule has 4 rings (SSSR count). The Kier molecular flexibility index (Phi) is 4.05. The molecule has 0 radical (unpaired) electrons. The quantitative estimate of drug-likeness (QED) is 0.486. The van der Waals surface area contributed by atoms with Crippen molar-refractivity contribution in [1.82, 2.24) is 9.97 Å². The summed E-state index contributed by atoms with van der Waals surface area (Å²) in [7, 11) is 0. The van der Waals surface area contributed by atoms with Crippen molar-refractivity contribution in [1.29, 1.82) is 0 Å². The van der Waals surface area contributed by atoms with E-state index in [0.29, 0.717) is 24.2 Å². The van der Waals surface area contributed by atoms with E-state index in [-0.39, 0.29) is 5.91 Å². The number of nitrogen functional groups attached to an aromatic ring is 1. The van der Waals surface area contributed by atoms with E-state index >= 15 is 0 Å². The van der Waals surface area contributed by atoms with Gasteiger partial charge in [-0.25, -0.2) is 0 Å². The fraction of sp³-hybridized carbons (Fsp3) is 0.143. The molecule has 0 aliphatic rings. The third-order valence-electron chi connectivity index (χ3n) is 4.54. The van der Waals surface area contributed by atoms with Crippen LogP contribution in [0.2, 0.25) is 0 Å². The van der Waals surface area contributed by atoms with Gasteiger partial charge in [0.05, 0.1) is 23.1 Å². The van der Waals surface area contributed by atoms with Crippen molar-refractivity contribution >= 4 is 39.1 Å². The predicted octanol–water partition coefficient (Wildman–Crippen LogP) is 4.18. The predicted molar refractivity (Wildman–Crippen MR) is 106 cm³/mol. The smallest absolute Gasteiger partial charge is 0.224 e. The number of anilines is 2. The molecule has 2 aromatic carbocycles. The topological polar surface area (TPSA) is 83.8 Å². The van der Waals surface area contributed by atoms with Crippen molar-refractivity contribution in [3.05, 3.63) is 66.0 Å². The zero-order valence-electron chi connectivity index (χ0n) is 14.5. The maximum Gasteiger partial charge on any atom is 0.224 e. The van der Waals surface area contributed by atoms with Crippen LogP contribution >= 0.6 is 0 Å². The molecular weight excluding hydrogens is 324 g/mol. The number of amides is 1. The summed E-state index contributed by atoms with van der Waals surface area (Å²) in [6.07, 6.45) is 2.77. The number of carbonyl (C=O) groups is 1. The number of aromatic nitrogens is 2. The Morgan fingerprint density at radius 1 is 1.12 bits per heavy atom. The van der Waals surface area contributed by atoms with Crippen LogP contribution in [0.25, 0.3) is 21.8 Å². The van der Waals surface area contributed by atoms with E-state index in [1.807, 2.05) is 37.4 Å². The average Bonchev–Trinajstić information content (AvgIpc) is 3.01. The van der Waals surface area contributed by atoms with Gasteiger partial charge in [0, 0.05) is 28.4 Å². The number of carbonyl (C=O) groups excluding carboxylic acids is 1. The van der Waals surface area contributed by atoms with E-state index in [2.05, 4.69) is 33.5 Å².